The second kappa shape index (κ2) is 15.6. The van der Waals surface area contributed by atoms with Gasteiger partial charge in [0.2, 0.25) is 10.0 Å². The molecule has 0 radical (unpaired) electrons. The number of sulfone groups is 1. The summed E-state index contributed by atoms with van der Waals surface area (Å²) in [4.78, 5) is 21.5. The number of allylic oxidation sites excluding steroid dienone is 1. The fourth-order valence-corrected chi connectivity index (χ4v) is 7.72. The van der Waals surface area contributed by atoms with Crippen LogP contribution in [0.4, 0.5) is 5.69 Å². The summed E-state index contributed by atoms with van der Waals surface area (Å²) in [7, 11) is -7.27. The van der Waals surface area contributed by atoms with Crippen molar-refractivity contribution in [1.82, 2.24) is 14.5 Å². The van der Waals surface area contributed by atoms with Crippen molar-refractivity contribution in [2.24, 2.45) is 0 Å². The highest BCUT2D eigenvalue weighted by Crippen LogP contribution is 2.33. The van der Waals surface area contributed by atoms with Crippen LogP contribution in [0.3, 0.4) is 0 Å². The molecule has 0 bridgehead atoms. The number of rotatable bonds is 19. The van der Waals surface area contributed by atoms with Gasteiger partial charge in [-0.1, -0.05) is 103 Å². The van der Waals surface area contributed by atoms with Gasteiger partial charge in [-0.05, 0) is 31.1 Å². The van der Waals surface area contributed by atoms with Crippen LogP contribution in [-0.4, -0.2) is 43.4 Å². The molecule has 11 heteroatoms. The highest BCUT2D eigenvalue weighted by Gasteiger charge is 2.32. The smallest absolute Gasteiger partial charge is 0.283 e. The molecule has 2 aromatic rings. The number of nitrogens with zero attached hydrogens (tertiary/aromatic N) is 3. The van der Waals surface area contributed by atoms with Crippen LogP contribution < -0.4 is 10.4 Å². The normalized spacial score (nSPS) is 13.5. The molecule has 0 spiro atoms. The van der Waals surface area contributed by atoms with Crippen molar-refractivity contribution < 1.29 is 16.8 Å². The number of unbranched alkanes of at least 4 members (excludes halogenated alkanes) is 13. The molecule has 1 N–H and O–H groups in total. The van der Waals surface area contributed by atoms with E-state index in [1.165, 1.54) is 68.8 Å². The minimum atomic E-state index is -3.68. The summed E-state index contributed by atoms with van der Waals surface area (Å²) in [6.07, 6.45) is 17.6. The van der Waals surface area contributed by atoms with E-state index >= 15 is 0 Å². The largest absolute Gasteiger partial charge is 0.351 e. The molecule has 1 aliphatic rings. The third-order valence-corrected chi connectivity index (χ3v) is 10.00. The highest BCUT2D eigenvalue weighted by atomic mass is 32.2. The Balaban J connectivity index is 1.54. The van der Waals surface area contributed by atoms with Crippen LogP contribution in [0.15, 0.2) is 34.6 Å². The van der Waals surface area contributed by atoms with Gasteiger partial charge in [-0.2, -0.15) is 4.98 Å². The quantitative estimate of drug-likeness (QED) is 0.185. The number of sulfonamides is 1. The second-order valence-electron chi connectivity index (χ2n) is 11.2. The van der Waals surface area contributed by atoms with Crippen molar-refractivity contribution in [3.63, 3.8) is 0 Å². The van der Waals surface area contributed by atoms with Crippen molar-refractivity contribution in [1.29, 1.82) is 0 Å². The number of para-hydroxylation sites is 1. The van der Waals surface area contributed by atoms with Gasteiger partial charge in [0.05, 0.1) is 24.2 Å². The lowest BCUT2D eigenvalue weighted by Crippen LogP contribution is -2.26. The molecule has 0 fully saturated rings. The Bertz CT molecular complexity index is 1460. The topological polar surface area (TPSA) is 128 Å². The minimum Gasteiger partial charge on any atom is -0.283 e. The third-order valence-electron chi connectivity index (χ3n) is 7.43. The van der Waals surface area contributed by atoms with E-state index in [1.807, 2.05) is 0 Å². The summed E-state index contributed by atoms with van der Waals surface area (Å²) < 4.78 is 54.2. The summed E-state index contributed by atoms with van der Waals surface area (Å²) in [6.45, 7) is 4.06. The molecule has 0 unspecified atom stereocenters. The lowest BCUT2D eigenvalue weighted by molar-refractivity contribution is 0.537. The van der Waals surface area contributed by atoms with Crippen LogP contribution in [0.1, 0.15) is 110 Å². The Labute approximate surface area is 245 Å². The van der Waals surface area contributed by atoms with E-state index in [-0.39, 0.29) is 34.5 Å². The van der Waals surface area contributed by atoms with Crippen molar-refractivity contribution in [2.45, 2.75) is 110 Å². The number of hydrogen-bond acceptors (Lipinski definition) is 7. The first-order chi connectivity index (χ1) is 19.5. The molecule has 0 atom stereocenters. The summed E-state index contributed by atoms with van der Waals surface area (Å²) in [6, 6.07) is 6.45. The number of aromatic nitrogens is 3. The molecular formula is C30H46N4O5S2. The monoisotopic (exact) mass is 606 g/mol. The zero-order valence-electron chi connectivity index (χ0n) is 24.8. The first kappa shape index (κ1) is 33.0. The van der Waals surface area contributed by atoms with Crippen molar-refractivity contribution in [3.8, 4) is 11.4 Å². The minimum absolute atomic E-state index is 0.00253. The van der Waals surface area contributed by atoms with E-state index < -0.39 is 25.6 Å². The Kier molecular flexibility index (Phi) is 12.6. The molecule has 0 saturated carbocycles. The average Bonchev–Trinajstić information content (AvgIpc) is 3.25. The predicted molar refractivity (Wildman–Crippen MR) is 167 cm³/mol. The molecule has 1 aromatic heterocycles. The predicted octanol–water partition coefficient (Wildman–Crippen LogP) is 6.32. The molecular weight excluding hydrogens is 560 g/mol. The van der Waals surface area contributed by atoms with Crippen molar-refractivity contribution in [2.75, 3.05) is 16.7 Å². The van der Waals surface area contributed by atoms with Crippen molar-refractivity contribution in [3.05, 3.63) is 46.1 Å². The number of fused-ring (bicyclic) bond motifs is 1. The lowest BCUT2D eigenvalue weighted by Gasteiger charge is -2.12. The Morgan fingerprint density at radius 3 is 1.90 bits per heavy atom. The molecule has 9 nitrogen and oxygen atoms in total. The van der Waals surface area contributed by atoms with Crippen LogP contribution in [0.25, 0.3) is 16.3 Å². The van der Waals surface area contributed by atoms with E-state index in [4.69, 9.17) is 0 Å². The Morgan fingerprint density at radius 2 is 1.34 bits per heavy atom. The van der Waals surface area contributed by atoms with Gasteiger partial charge in [-0.3, -0.25) is 9.29 Å². The van der Waals surface area contributed by atoms with E-state index in [9.17, 15) is 21.6 Å². The molecule has 0 aliphatic carbocycles. The maximum absolute atomic E-state index is 13.4. The number of anilines is 1. The zero-order valence-corrected chi connectivity index (χ0v) is 26.5. The number of nitrogens with one attached hydrogen (secondary N) is 1. The van der Waals surface area contributed by atoms with Gasteiger partial charge in [0.1, 0.15) is 4.91 Å². The van der Waals surface area contributed by atoms with Crippen LogP contribution in [0.5, 0.6) is 0 Å². The van der Waals surface area contributed by atoms with E-state index in [0.717, 1.165) is 25.5 Å². The molecule has 0 saturated heterocycles. The fraction of sp³-hybridized carbons (Fsp3) is 0.633. The summed E-state index contributed by atoms with van der Waals surface area (Å²) >= 11 is 0. The van der Waals surface area contributed by atoms with Crippen LogP contribution in [0.2, 0.25) is 0 Å². The Hall–Kier alpha value is -2.53. The fourth-order valence-electron chi connectivity index (χ4n) is 5.32. The van der Waals surface area contributed by atoms with Gasteiger partial charge in [-0.15, -0.1) is 0 Å². The maximum atomic E-state index is 13.4. The van der Waals surface area contributed by atoms with Gasteiger partial charge in [0.15, 0.2) is 21.5 Å². The first-order valence-electron chi connectivity index (χ1n) is 15.0. The number of hydrogen-bond donors (Lipinski definition) is 1. The summed E-state index contributed by atoms with van der Waals surface area (Å²) in [5.74, 6) is 0.0428. The standard InChI is InChI=1S/C30H46N4O5S2/c1-4-5-6-7-8-9-10-11-12-13-14-15-16-19-22-41(38,39)27-24(2)23-34-29(27)31-28(32-30(34)35)25-20-17-18-21-26(25)33-40(3,36)37/h17-18,20-21,33H,4-16,19,22-23H2,1-3H3. The van der Waals surface area contributed by atoms with Gasteiger partial charge in [-0.25, -0.2) is 26.6 Å². The highest BCUT2D eigenvalue weighted by molar-refractivity contribution is 8.00. The van der Waals surface area contributed by atoms with Gasteiger partial charge in [0, 0.05) is 5.56 Å². The second-order valence-corrected chi connectivity index (χ2v) is 15.0. The maximum Gasteiger partial charge on any atom is 0.351 e. The molecule has 0 amide bonds. The third kappa shape index (κ3) is 10.1. The molecule has 41 heavy (non-hydrogen) atoms. The van der Waals surface area contributed by atoms with Crippen LogP contribution in [-0.2, 0) is 26.4 Å². The van der Waals surface area contributed by atoms with E-state index in [1.54, 1.807) is 31.2 Å². The molecule has 1 aliphatic heterocycles. The van der Waals surface area contributed by atoms with Gasteiger partial charge < -0.3 is 0 Å². The summed E-state index contributed by atoms with van der Waals surface area (Å²) in [5, 5.41) is 0. The molecule has 228 valence electrons. The van der Waals surface area contributed by atoms with E-state index in [0.29, 0.717) is 17.6 Å². The SMILES string of the molecule is CCCCCCCCCCCCCCCCS(=O)(=O)C1=C(C)Cn2c1nc(-c1ccccc1NS(C)(=O)=O)nc2=O. The van der Waals surface area contributed by atoms with Crippen LogP contribution >= 0.6 is 0 Å². The Morgan fingerprint density at radius 1 is 0.805 bits per heavy atom. The molecule has 1 aromatic carbocycles. The lowest BCUT2D eigenvalue weighted by atomic mass is 10.0. The van der Waals surface area contributed by atoms with Gasteiger partial charge in [0.25, 0.3) is 0 Å². The summed E-state index contributed by atoms with van der Waals surface area (Å²) in [5.41, 5.74) is 0.443. The molecule has 2 heterocycles. The molecule has 3 rings (SSSR count). The van der Waals surface area contributed by atoms with Gasteiger partial charge >= 0.3 is 5.69 Å². The zero-order chi connectivity index (χ0) is 29.9. The van der Waals surface area contributed by atoms with E-state index in [2.05, 4.69) is 21.6 Å². The van der Waals surface area contributed by atoms with Crippen LogP contribution in [0, 0.1) is 0 Å². The first-order valence-corrected chi connectivity index (χ1v) is 18.6. The average molecular weight is 607 g/mol. The number of benzene rings is 1. The van der Waals surface area contributed by atoms with Crippen molar-refractivity contribution >= 4 is 30.5 Å².